The number of rotatable bonds is 1. The van der Waals surface area contributed by atoms with E-state index in [9.17, 15) is 0 Å². The molecule has 3 nitrogen and oxygen atoms in total. The fourth-order valence-corrected chi connectivity index (χ4v) is 2.78. The Morgan fingerprint density at radius 2 is 1.43 bits per heavy atom. The van der Waals surface area contributed by atoms with E-state index in [0.29, 0.717) is 5.15 Å². The van der Waals surface area contributed by atoms with Crippen LogP contribution in [0.15, 0.2) is 60.9 Å². The van der Waals surface area contributed by atoms with Crippen molar-refractivity contribution in [2.45, 2.75) is 0 Å². The summed E-state index contributed by atoms with van der Waals surface area (Å²) in [5, 5.41) is 12.9. The number of hydrogen-bond donors (Lipinski definition) is 0. The van der Waals surface area contributed by atoms with Gasteiger partial charge < -0.3 is 0 Å². The minimum atomic E-state index is 0.419. The van der Waals surface area contributed by atoms with Crippen LogP contribution in [-0.4, -0.2) is 15.2 Å². The summed E-state index contributed by atoms with van der Waals surface area (Å²) in [5.41, 5.74) is 1.77. The molecule has 0 saturated carbocycles. The van der Waals surface area contributed by atoms with Crippen molar-refractivity contribution in [2.75, 3.05) is 0 Å². The maximum atomic E-state index is 6.15. The molecule has 0 unspecified atom stereocenters. The van der Waals surface area contributed by atoms with Gasteiger partial charge in [-0.1, -0.05) is 60.1 Å². The molecule has 4 aromatic rings. The van der Waals surface area contributed by atoms with Crippen LogP contribution in [0, 0.1) is 0 Å². The zero-order valence-electron chi connectivity index (χ0n) is 11.0. The summed E-state index contributed by atoms with van der Waals surface area (Å²) in [5.74, 6) is 0. The third kappa shape index (κ3) is 1.94. The van der Waals surface area contributed by atoms with Gasteiger partial charge in [0.05, 0.1) is 0 Å². The van der Waals surface area contributed by atoms with Crippen LogP contribution in [0.4, 0.5) is 0 Å². The molecule has 100 valence electrons. The van der Waals surface area contributed by atoms with Gasteiger partial charge in [-0.3, -0.25) is 4.98 Å². The summed E-state index contributed by atoms with van der Waals surface area (Å²) in [7, 11) is 0. The van der Waals surface area contributed by atoms with Crippen molar-refractivity contribution in [1.29, 1.82) is 0 Å². The molecule has 0 spiro atoms. The van der Waals surface area contributed by atoms with Crippen LogP contribution in [0.5, 0.6) is 0 Å². The lowest BCUT2D eigenvalue weighted by Crippen LogP contribution is -1.93. The van der Waals surface area contributed by atoms with Crippen molar-refractivity contribution in [3.8, 4) is 11.3 Å². The first-order chi connectivity index (χ1) is 10.3. The molecule has 0 atom stereocenters. The number of nitrogens with zero attached hydrogens (tertiary/aromatic N) is 3. The Balaban J connectivity index is 2.13. The first-order valence-electron chi connectivity index (χ1n) is 6.58. The van der Waals surface area contributed by atoms with Crippen LogP contribution in [0.1, 0.15) is 0 Å². The third-order valence-electron chi connectivity index (χ3n) is 3.57. The summed E-state index contributed by atoms with van der Waals surface area (Å²) in [6.07, 6.45) is 3.68. The van der Waals surface area contributed by atoms with E-state index in [2.05, 4.69) is 21.2 Å². The molecule has 0 aliphatic rings. The Labute approximate surface area is 126 Å². The van der Waals surface area contributed by atoms with Crippen LogP contribution in [0.2, 0.25) is 5.15 Å². The SMILES string of the molecule is Clc1nnc(-c2cncc3ccccc23)c2ccccc12. The Bertz CT molecular complexity index is 961. The molecule has 4 rings (SSSR count). The molecule has 0 aliphatic carbocycles. The maximum Gasteiger partial charge on any atom is 0.159 e. The predicted molar refractivity (Wildman–Crippen MR) is 85.3 cm³/mol. The quantitative estimate of drug-likeness (QED) is 0.518. The number of fused-ring (bicyclic) bond motifs is 2. The predicted octanol–water partition coefficient (Wildman–Crippen LogP) is 4.50. The molecule has 0 aliphatic heterocycles. The molecule has 0 radical (unpaired) electrons. The lowest BCUT2D eigenvalue weighted by atomic mass is 10.0. The van der Waals surface area contributed by atoms with Gasteiger partial charge in [0.15, 0.2) is 5.15 Å². The maximum absolute atomic E-state index is 6.15. The average molecular weight is 292 g/mol. The van der Waals surface area contributed by atoms with E-state index in [4.69, 9.17) is 11.6 Å². The van der Waals surface area contributed by atoms with Gasteiger partial charge in [-0.05, 0) is 5.39 Å². The highest BCUT2D eigenvalue weighted by Crippen LogP contribution is 2.32. The van der Waals surface area contributed by atoms with E-state index < -0.39 is 0 Å². The lowest BCUT2D eigenvalue weighted by molar-refractivity contribution is 1.06. The Kier molecular flexibility index (Phi) is 2.79. The normalized spacial score (nSPS) is 11.1. The molecule has 2 aromatic heterocycles. The highest BCUT2D eigenvalue weighted by molar-refractivity contribution is 6.34. The second kappa shape index (κ2) is 4.79. The summed E-state index contributed by atoms with van der Waals surface area (Å²) < 4.78 is 0. The van der Waals surface area contributed by atoms with Gasteiger partial charge in [0.2, 0.25) is 0 Å². The molecule has 21 heavy (non-hydrogen) atoms. The summed E-state index contributed by atoms with van der Waals surface area (Å²) >= 11 is 6.15. The standard InChI is InChI=1S/C17H10ClN3/c18-17-14-8-4-3-7-13(14)16(20-21-17)15-10-19-9-11-5-1-2-6-12(11)15/h1-10H. The van der Waals surface area contributed by atoms with Crippen molar-refractivity contribution in [1.82, 2.24) is 15.2 Å². The van der Waals surface area contributed by atoms with Crippen LogP contribution >= 0.6 is 11.6 Å². The highest BCUT2D eigenvalue weighted by atomic mass is 35.5. The second-order valence-corrected chi connectivity index (χ2v) is 5.15. The van der Waals surface area contributed by atoms with E-state index in [-0.39, 0.29) is 0 Å². The van der Waals surface area contributed by atoms with Crippen LogP contribution in [0.25, 0.3) is 32.8 Å². The van der Waals surface area contributed by atoms with Gasteiger partial charge in [-0.2, -0.15) is 0 Å². The van der Waals surface area contributed by atoms with Gasteiger partial charge in [0, 0.05) is 34.1 Å². The summed E-state index contributed by atoms with van der Waals surface area (Å²) in [6.45, 7) is 0. The lowest BCUT2D eigenvalue weighted by Gasteiger charge is -2.08. The van der Waals surface area contributed by atoms with Crippen LogP contribution in [0.3, 0.4) is 0 Å². The molecule has 0 N–H and O–H groups in total. The first-order valence-corrected chi connectivity index (χ1v) is 6.96. The van der Waals surface area contributed by atoms with E-state index in [1.807, 2.05) is 54.9 Å². The second-order valence-electron chi connectivity index (χ2n) is 4.79. The van der Waals surface area contributed by atoms with E-state index >= 15 is 0 Å². The largest absolute Gasteiger partial charge is 0.263 e. The van der Waals surface area contributed by atoms with Crippen LogP contribution in [-0.2, 0) is 0 Å². The van der Waals surface area contributed by atoms with E-state index in [1.54, 1.807) is 0 Å². The average Bonchev–Trinajstić information content (AvgIpc) is 2.55. The first kappa shape index (κ1) is 12.2. The molecule has 2 heterocycles. The fourth-order valence-electron chi connectivity index (χ4n) is 2.58. The fraction of sp³-hybridized carbons (Fsp3) is 0. The monoisotopic (exact) mass is 291 g/mol. The smallest absolute Gasteiger partial charge is 0.159 e. The minimum Gasteiger partial charge on any atom is -0.263 e. The molecule has 0 amide bonds. The number of benzene rings is 2. The third-order valence-corrected chi connectivity index (χ3v) is 3.84. The van der Waals surface area contributed by atoms with Gasteiger partial charge in [-0.25, -0.2) is 0 Å². The Hall–Kier alpha value is -2.52. The number of aromatic nitrogens is 3. The minimum absolute atomic E-state index is 0.419. The zero-order valence-corrected chi connectivity index (χ0v) is 11.7. The highest BCUT2D eigenvalue weighted by Gasteiger charge is 2.12. The van der Waals surface area contributed by atoms with Crippen molar-refractivity contribution in [3.05, 3.63) is 66.1 Å². The molecule has 0 saturated heterocycles. The molecular formula is C17H10ClN3. The molecule has 2 aromatic carbocycles. The van der Waals surface area contributed by atoms with Crippen molar-refractivity contribution >= 4 is 33.1 Å². The molecule has 4 heteroatoms. The molecule has 0 bridgehead atoms. The van der Waals surface area contributed by atoms with Crippen molar-refractivity contribution < 1.29 is 0 Å². The van der Waals surface area contributed by atoms with Crippen LogP contribution < -0.4 is 0 Å². The number of pyridine rings is 1. The van der Waals surface area contributed by atoms with Crippen molar-refractivity contribution in [2.24, 2.45) is 0 Å². The van der Waals surface area contributed by atoms with Gasteiger partial charge >= 0.3 is 0 Å². The van der Waals surface area contributed by atoms with Gasteiger partial charge in [-0.15, -0.1) is 10.2 Å². The Morgan fingerprint density at radius 1 is 0.714 bits per heavy atom. The zero-order chi connectivity index (χ0) is 14.2. The molecular weight excluding hydrogens is 282 g/mol. The number of hydrogen-bond acceptors (Lipinski definition) is 3. The molecule has 0 fully saturated rings. The van der Waals surface area contributed by atoms with E-state index in [0.717, 1.165) is 32.8 Å². The summed E-state index contributed by atoms with van der Waals surface area (Å²) in [4.78, 5) is 4.32. The van der Waals surface area contributed by atoms with Gasteiger partial charge in [0.25, 0.3) is 0 Å². The van der Waals surface area contributed by atoms with Gasteiger partial charge in [0.1, 0.15) is 5.69 Å². The van der Waals surface area contributed by atoms with E-state index in [1.165, 1.54) is 0 Å². The topological polar surface area (TPSA) is 38.7 Å². The van der Waals surface area contributed by atoms with Crippen molar-refractivity contribution in [3.63, 3.8) is 0 Å². The summed E-state index contributed by atoms with van der Waals surface area (Å²) in [6, 6.07) is 16.0. The number of halogens is 1. The Morgan fingerprint density at radius 3 is 2.29 bits per heavy atom.